The molecule has 2 aromatic carbocycles. The zero-order valence-electron chi connectivity index (χ0n) is 14.4. The first-order valence-corrected chi connectivity index (χ1v) is 8.95. The van der Waals surface area contributed by atoms with Gasteiger partial charge in [0.1, 0.15) is 0 Å². The molecule has 1 amide bonds. The highest BCUT2D eigenvalue weighted by atomic mass is 35.5. The van der Waals surface area contributed by atoms with E-state index in [2.05, 4.69) is 15.6 Å². The number of amides is 1. The van der Waals surface area contributed by atoms with Crippen molar-refractivity contribution in [1.82, 2.24) is 20.3 Å². The van der Waals surface area contributed by atoms with Gasteiger partial charge in [0.25, 0.3) is 5.91 Å². The van der Waals surface area contributed by atoms with Crippen LogP contribution in [0, 0.1) is 0 Å². The molecular weight excluding hydrogens is 371 g/mol. The highest BCUT2D eigenvalue weighted by molar-refractivity contribution is 6.30. The summed E-state index contributed by atoms with van der Waals surface area (Å²) in [6.07, 6.45) is 0. The van der Waals surface area contributed by atoms with Crippen molar-refractivity contribution in [1.29, 1.82) is 0 Å². The molecule has 0 aliphatic carbocycles. The molecule has 3 rings (SSSR count). The van der Waals surface area contributed by atoms with Crippen LogP contribution >= 0.6 is 23.2 Å². The first-order valence-electron chi connectivity index (χ1n) is 8.20. The molecule has 0 radical (unpaired) electrons. The maximum Gasteiger partial charge on any atom is 0.274 e. The molecule has 7 heteroatoms. The Morgan fingerprint density at radius 1 is 1.04 bits per heavy atom. The first-order chi connectivity index (χ1) is 12.5. The van der Waals surface area contributed by atoms with Crippen LogP contribution < -0.4 is 5.32 Å². The zero-order valence-corrected chi connectivity index (χ0v) is 15.9. The molecule has 0 aliphatic heterocycles. The predicted octanol–water partition coefficient (Wildman–Crippen LogP) is 4.63. The normalized spacial score (nSPS) is 11.0. The van der Waals surface area contributed by atoms with E-state index in [1.165, 1.54) is 0 Å². The van der Waals surface area contributed by atoms with Crippen LogP contribution in [0.1, 0.15) is 41.5 Å². The molecule has 3 aromatic rings. The maximum absolute atomic E-state index is 12.6. The number of aromatic nitrogens is 3. The van der Waals surface area contributed by atoms with Crippen LogP contribution in [-0.4, -0.2) is 20.9 Å². The second-order valence-electron chi connectivity index (χ2n) is 6.18. The van der Waals surface area contributed by atoms with Crippen LogP contribution in [0.3, 0.4) is 0 Å². The molecule has 1 heterocycles. The molecule has 1 aromatic heterocycles. The van der Waals surface area contributed by atoms with Gasteiger partial charge in [0.2, 0.25) is 0 Å². The van der Waals surface area contributed by atoms with Gasteiger partial charge in [0.05, 0.1) is 11.4 Å². The Hall–Kier alpha value is -2.37. The molecule has 0 spiro atoms. The van der Waals surface area contributed by atoms with Gasteiger partial charge in [-0.3, -0.25) is 4.79 Å². The summed E-state index contributed by atoms with van der Waals surface area (Å²) < 4.78 is 1.68. The Labute approximate surface area is 161 Å². The number of nitrogens with zero attached hydrogens (tertiary/aromatic N) is 3. The lowest BCUT2D eigenvalue weighted by Gasteiger charge is -2.11. The third-order valence-electron chi connectivity index (χ3n) is 3.90. The molecule has 0 saturated carbocycles. The topological polar surface area (TPSA) is 59.8 Å². The van der Waals surface area contributed by atoms with E-state index in [9.17, 15) is 4.79 Å². The molecule has 26 heavy (non-hydrogen) atoms. The van der Waals surface area contributed by atoms with E-state index in [1.54, 1.807) is 28.9 Å². The number of nitrogens with one attached hydrogen (secondary N) is 1. The van der Waals surface area contributed by atoms with E-state index in [0.717, 1.165) is 16.9 Å². The second-order valence-corrected chi connectivity index (χ2v) is 7.05. The van der Waals surface area contributed by atoms with Gasteiger partial charge in [-0.15, -0.1) is 5.10 Å². The van der Waals surface area contributed by atoms with E-state index in [4.69, 9.17) is 23.2 Å². The van der Waals surface area contributed by atoms with Crippen molar-refractivity contribution in [3.63, 3.8) is 0 Å². The number of carbonyl (C=O) groups is 1. The van der Waals surface area contributed by atoms with E-state index in [1.807, 2.05) is 38.1 Å². The summed E-state index contributed by atoms with van der Waals surface area (Å²) in [4.78, 5) is 12.6. The zero-order chi connectivity index (χ0) is 18.7. The predicted molar refractivity (Wildman–Crippen MR) is 103 cm³/mol. The summed E-state index contributed by atoms with van der Waals surface area (Å²) in [7, 11) is 0. The Kier molecular flexibility index (Phi) is 5.59. The third-order valence-corrected chi connectivity index (χ3v) is 4.41. The van der Waals surface area contributed by atoms with Crippen molar-refractivity contribution in [2.45, 2.75) is 26.3 Å². The Morgan fingerprint density at radius 2 is 1.62 bits per heavy atom. The fourth-order valence-corrected chi connectivity index (χ4v) is 2.86. The van der Waals surface area contributed by atoms with Crippen molar-refractivity contribution < 1.29 is 4.79 Å². The van der Waals surface area contributed by atoms with Crippen LogP contribution in [0.15, 0.2) is 48.5 Å². The molecule has 0 bridgehead atoms. The molecule has 0 atom stereocenters. The van der Waals surface area contributed by atoms with E-state index in [-0.39, 0.29) is 11.8 Å². The molecule has 134 valence electrons. The summed E-state index contributed by atoms with van der Waals surface area (Å²) >= 11 is 11.8. The van der Waals surface area contributed by atoms with Crippen molar-refractivity contribution in [3.8, 4) is 5.69 Å². The van der Waals surface area contributed by atoms with E-state index < -0.39 is 0 Å². The van der Waals surface area contributed by atoms with Gasteiger partial charge in [-0.2, -0.15) is 0 Å². The summed E-state index contributed by atoms with van der Waals surface area (Å²) in [6.45, 7) is 4.39. The maximum atomic E-state index is 12.6. The molecule has 0 saturated heterocycles. The van der Waals surface area contributed by atoms with Gasteiger partial charge in [0, 0.05) is 16.6 Å². The Balaban J connectivity index is 1.83. The second kappa shape index (κ2) is 7.89. The number of hydrogen-bond donors (Lipinski definition) is 1. The Morgan fingerprint density at radius 3 is 2.19 bits per heavy atom. The minimum atomic E-state index is -0.260. The lowest BCUT2D eigenvalue weighted by molar-refractivity contribution is 0.0944. The average molecular weight is 389 g/mol. The smallest absolute Gasteiger partial charge is 0.274 e. The SMILES string of the molecule is CC(C)c1c(C(=O)NCc2ccc(Cl)cc2)nnn1-c1ccc(Cl)cc1. The van der Waals surface area contributed by atoms with Crippen LogP contribution in [-0.2, 0) is 6.54 Å². The highest BCUT2D eigenvalue weighted by Crippen LogP contribution is 2.22. The summed E-state index contributed by atoms with van der Waals surface area (Å²) in [5.41, 5.74) is 2.84. The van der Waals surface area contributed by atoms with Gasteiger partial charge in [0.15, 0.2) is 5.69 Å². The highest BCUT2D eigenvalue weighted by Gasteiger charge is 2.22. The molecule has 1 N–H and O–H groups in total. The van der Waals surface area contributed by atoms with Crippen molar-refractivity contribution in [2.24, 2.45) is 0 Å². The van der Waals surface area contributed by atoms with Gasteiger partial charge in [-0.05, 0) is 47.9 Å². The van der Waals surface area contributed by atoms with Crippen LogP contribution in [0.4, 0.5) is 0 Å². The lowest BCUT2D eigenvalue weighted by atomic mass is 10.1. The van der Waals surface area contributed by atoms with Gasteiger partial charge < -0.3 is 5.32 Å². The number of hydrogen-bond acceptors (Lipinski definition) is 3. The largest absolute Gasteiger partial charge is 0.347 e. The van der Waals surface area contributed by atoms with Crippen molar-refractivity contribution >= 4 is 29.1 Å². The summed E-state index contributed by atoms with van der Waals surface area (Å²) in [6, 6.07) is 14.6. The number of rotatable bonds is 5. The number of carbonyl (C=O) groups excluding carboxylic acids is 1. The monoisotopic (exact) mass is 388 g/mol. The molecule has 0 unspecified atom stereocenters. The molecular formula is C19H18Cl2N4O. The van der Waals surface area contributed by atoms with E-state index >= 15 is 0 Å². The molecule has 0 aliphatic rings. The van der Waals surface area contributed by atoms with Crippen LogP contribution in [0.5, 0.6) is 0 Å². The minimum Gasteiger partial charge on any atom is -0.347 e. The van der Waals surface area contributed by atoms with Crippen molar-refractivity contribution in [2.75, 3.05) is 0 Å². The summed E-state index contributed by atoms with van der Waals surface area (Å²) in [5, 5.41) is 12.5. The quantitative estimate of drug-likeness (QED) is 0.692. The number of benzene rings is 2. The summed E-state index contributed by atoms with van der Waals surface area (Å²) in [5.74, 6) is -0.194. The number of halogens is 2. The fraction of sp³-hybridized carbons (Fsp3) is 0.211. The van der Waals surface area contributed by atoms with Crippen LogP contribution in [0.25, 0.3) is 5.69 Å². The van der Waals surface area contributed by atoms with Crippen LogP contribution in [0.2, 0.25) is 10.0 Å². The third kappa shape index (κ3) is 4.06. The van der Waals surface area contributed by atoms with Gasteiger partial charge >= 0.3 is 0 Å². The molecule has 5 nitrogen and oxygen atoms in total. The first kappa shape index (κ1) is 18.4. The Bertz CT molecular complexity index is 902. The van der Waals surface area contributed by atoms with Crippen molar-refractivity contribution in [3.05, 3.63) is 75.5 Å². The van der Waals surface area contributed by atoms with E-state index in [0.29, 0.717) is 22.3 Å². The fourth-order valence-electron chi connectivity index (χ4n) is 2.61. The average Bonchev–Trinajstić information content (AvgIpc) is 3.07. The van der Waals surface area contributed by atoms with Gasteiger partial charge in [-0.25, -0.2) is 4.68 Å². The minimum absolute atomic E-state index is 0.0666. The standard InChI is InChI=1S/C19H18Cl2N4O/c1-12(2)18-17(19(26)22-11-13-3-5-14(20)6-4-13)23-24-25(18)16-9-7-15(21)8-10-16/h3-10,12H,11H2,1-2H3,(H,22,26). The lowest BCUT2D eigenvalue weighted by Crippen LogP contribution is -2.25. The molecule has 0 fully saturated rings. The van der Waals surface area contributed by atoms with Gasteiger partial charge in [-0.1, -0.05) is 54.4 Å².